The molecule has 1 aliphatic heterocycles. The molecule has 0 unspecified atom stereocenters. The SMILES string of the molecule is CCN1CCN(C(=O)c2cc(-c3ccc(Cl)cc3Cl)c3nncn3n2)CC1. The maximum absolute atomic E-state index is 13.0. The zero-order valence-corrected chi connectivity index (χ0v) is 16.3. The zero-order valence-electron chi connectivity index (χ0n) is 14.8. The Kier molecular flexibility index (Phi) is 4.99. The van der Waals surface area contributed by atoms with Crippen LogP contribution in [0.2, 0.25) is 10.0 Å². The Hall–Kier alpha value is -2.22. The Morgan fingerprint density at radius 1 is 1.11 bits per heavy atom. The number of hydrogen-bond donors (Lipinski definition) is 0. The molecule has 7 nitrogen and oxygen atoms in total. The lowest BCUT2D eigenvalue weighted by molar-refractivity contribution is 0.0636. The van der Waals surface area contributed by atoms with E-state index in [1.165, 1.54) is 10.8 Å². The van der Waals surface area contributed by atoms with Crippen LogP contribution in [0.15, 0.2) is 30.6 Å². The van der Waals surface area contributed by atoms with E-state index in [0.29, 0.717) is 40.0 Å². The van der Waals surface area contributed by atoms with Gasteiger partial charge in [0, 0.05) is 42.3 Å². The van der Waals surface area contributed by atoms with Crippen LogP contribution in [-0.2, 0) is 0 Å². The predicted molar refractivity (Wildman–Crippen MR) is 104 cm³/mol. The fourth-order valence-electron chi connectivity index (χ4n) is 3.27. The number of aromatic nitrogens is 4. The van der Waals surface area contributed by atoms with Gasteiger partial charge in [-0.05, 0) is 24.7 Å². The molecule has 2 aromatic heterocycles. The molecule has 0 atom stereocenters. The monoisotopic (exact) mass is 404 g/mol. The van der Waals surface area contributed by atoms with Gasteiger partial charge in [-0.1, -0.05) is 36.2 Å². The summed E-state index contributed by atoms with van der Waals surface area (Å²) in [5, 5.41) is 13.5. The van der Waals surface area contributed by atoms with Crippen LogP contribution in [0.3, 0.4) is 0 Å². The second kappa shape index (κ2) is 7.42. The van der Waals surface area contributed by atoms with Crippen molar-refractivity contribution in [2.24, 2.45) is 0 Å². The van der Waals surface area contributed by atoms with E-state index in [1.807, 2.05) is 11.0 Å². The second-order valence-electron chi connectivity index (χ2n) is 6.39. The molecule has 0 bridgehead atoms. The van der Waals surface area contributed by atoms with E-state index in [2.05, 4.69) is 27.1 Å². The minimum absolute atomic E-state index is 0.104. The number of halogens is 2. The number of nitrogens with zero attached hydrogens (tertiary/aromatic N) is 6. The standard InChI is InChI=1S/C18H18Cl2N6O/c1-2-24-5-7-25(8-6-24)18(27)16-10-14(17-22-21-11-26(17)23-16)13-4-3-12(19)9-15(13)20/h3-4,9-11H,2,5-8H2,1H3. The van der Waals surface area contributed by atoms with E-state index in [9.17, 15) is 4.79 Å². The summed E-state index contributed by atoms with van der Waals surface area (Å²) in [5.41, 5.74) is 2.30. The molecule has 1 fully saturated rings. The summed E-state index contributed by atoms with van der Waals surface area (Å²) < 4.78 is 1.51. The third-order valence-corrected chi connectivity index (χ3v) is 5.36. The molecule has 3 aromatic rings. The molecule has 27 heavy (non-hydrogen) atoms. The van der Waals surface area contributed by atoms with Gasteiger partial charge >= 0.3 is 0 Å². The largest absolute Gasteiger partial charge is 0.335 e. The van der Waals surface area contributed by atoms with Gasteiger partial charge in [0.2, 0.25) is 0 Å². The van der Waals surface area contributed by atoms with Crippen LogP contribution in [0, 0.1) is 0 Å². The van der Waals surface area contributed by atoms with E-state index < -0.39 is 0 Å². The molecule has 0 saturated carbocycles. The third kappa shape index (κ3) is 3.50. The summed E-state index contributed by atoms with van der Waals surface area (Å²) >= 11 is 12.4. The molecule has 1 amide bonds. The Bertz CT molecular complexity index is 997. The summed E-state index contributed by atoms with van der Waals surface area (Å²) in [4.78, 5) is 17.2. The van der Waals surface area contributed by atoms with Crippen molar-refractivity contribution < 1.29 is 4.79 Å². The van der Waals surface area contributed by atoms with Crippen LogP contribution in [0.1, 0.15) is 17.4 Å². The average molecular weight is 405 g/mol. The number of benzene rings is 1. The highest BCUT2D eigenvalue weighted by Gasteiger charge is 2.24. The Balaban J connectivity index is 1.73. The van der Waals surface area contributed by atoms with Gasteiger partial charge < -0.3 is 9.80 Å². The number of piperazine rings is 1. The summed E-state index contributed by atoms with van der Waals surface area (Å²) in [6.07, 6.45) is 1.48. The molecule has 0 radical (unpaired) electrons. The first-order chi connectivity index (χ1) is 13.1. The average Bonchev–Trinajstić information content (AvgIpc) is 3.16. The van der Waals surface area contributed by atoms with Crippen LogP contribution in [0.25, 0.3) is 16.8 Å². The molecule has 4 rings (SSSR count). The molecule has 1 aromatic carbocycles. The molecule has 1 saturated heterocycles. The van der Waals surface area contributed by atoms with Crippen LogP contribution >= 0.6 is 23.2 Å². The smallest absolute Gasteiger partial charge is 0.274 e. The predicted octanol–water partition coefficient (Wildman–Crippen LogP) is 2.88. The zero-order chi connectivity index (χ0) is 19.0. The van der Waals surface area contributed by atoms with Crippen molar-refractivity contribution in [3.63, 3.8) is 0 Å². The lowest BCUT2D eigenvalue weighted by Crippen LogP contribution is -2.48. The van der Waals surface area contributed by atoms with Crippen molar-refractivity contribution in [1.82, 2.24) is 29.6 Å². The summed E-state index contributed by atoms with van der Waals surface area (Å²) in [7, 11) is 0. The number of carbonyl (C=O) groups is 1. The highest BCUT2D eigenvalue weighted by molar-refractivity contribution is 6.36. The molecule has 9 heteroatoms. The first-order valence-corrected chi connectivity index (χ1v) is 9.50. The minimum Gasteiger partial charge on any atom is -0.335 e. The number of rotatable bonds is 3. The first-order valence-electron chi connectivity index (χ1n) is 8.75. The van der Waals surface area contributed by atoms with Crippen molar-refractivity contribution in [3.8, 4) is 11.1 Å². The fourth-order valence-corrected chi connectivity index (χ4v) is 3.78. The first kappa shape index (κ1) is 18.2. The van der Waals surface area contributed by atoms with Crippen LogP contribution in [0.5, 0.6) is 0 Å². The number of hydrogen-bond acceptors (Lipinski definition) is 5. The van der Waals surface area contributed by atoms with E-state index >= 15 is 0 Å². The van der Waals surface area contributed by atoms with E-state index in [0.717, 1.165) is 25.2 Å². The molecule has 0 spiro atoms. The van der Waals surface area contributed by atoms with Gasteiger partial charge in [-0.15, -0.1) is 10.2 Å². The van der Waals surface area contributed by atoms with Gasteiger partial charge in [-0.25, -0.2) is 0 Å². The number of amides is 1. The maximum atomic E-state index is 13.0. The van der Waals surface area contributed by atoms with Gasteiger partial charge in [0.05, 0.1) is 5.02 Å². The number of carbonyl (C=O) groups excluding carboxylic acids is 1. The molecular formula is C18H18Cl2N6O. The number of fused-ring (bicyclic) bond motifs is 1. The van der Waals surface area contributed by atoms with Crippen molar-refractivity contribution in [2.45, 2.75) is 6.92 Å². The van der Waals surface area contributed by atoms with Crippen molar-refractivity contribution in [1.29, 1.82) is 0 Å². The Morgan fingerprint density at radius 2 is 1.89 bits per heavy atom. The van der Waals surface area contributed by atoms with Crippen molar-refractivity contribution in [2.75, 3.05) is 32.7 Å². The quantitative estimate of drug-likeness (QED) is 0.671. The van der Waals surface area contributed by atoms with Crippen LogP contribution < -0.4 is 0 Å². The fraction of sp³-hybridized carbons (Fsp3) is 0.333. The van der Waals surface area contributed by atoms with Crippen molar-refractivity contribution >= 4 is 34.8 Å². The molecule has 3 heterocycles. The lowest BCUT2D eigenvalue weighted by Gasteiger charge is -2.33. The lowest BCUT2D eigenvalue weighted by atomic mass is 10.1. The van der Waals surface area contributed by atoms with Crippen LogP contribution in [0.4, 0.5) is 0 Å². The molecule has 140 valence electrons. The Morgan fingerprint density at radius 3 is 2.59 bits per heavy atom. The van der Waals surface area contributed by atoms with Gasteiger partial charge in [-0.3, -0.25) is 4.79 Å². The van der Waals surface area contributed by atoms with E-state index in [-0.39, 0.29) is 5.91 Å². The van der Waals surface area contributed by atoms with E-state index in [1.54, 1.807) is 18.2 Å². The molecule has 1 aliphatic rings. The molecule has 0 N–H and O–H groups in total. The number of likely N-dealkylation sites (N-methyl/N-ethyl adjacent to an activating group) is 1. The minimum atomic E-state index is -0.104. The maximum Gasteiger partial charge on any atom is 0.274 e. The molecular weight excluding hydrogens is 387 g/mol. The highest BCUT2D eigenvalue weighted by atomic mass is 35.5. The highest BCUT2D eigenvalue weighted by Crippen LogP contribution is 2.32. The van der Waals surface area contributed by atoms with Gasteiger partial charge in [-0.2, -0.15) is 9.61 Å². The van der Waals surface area contributed by atoms with Crippen molar-refractivity contribution in [3.05, 3.63) is 46.3 Å². The van der Waals surface area contributed by atoms with Gasteiger partial charge in [0.25, 0.3) is 5.91 Å². The molecule has 0 aliphatic carbocycles. The van der Waals surface area contributed by atoms with E-state index in [4.69, 9.17) is 23.2 Å². The third-order valence-electron chi connectivity index (χ3n) is 4.82. The second-order valence-corrected chi connectivity index (χ2v) is 7.24. The summed E-state index contributed by atoms with van der Waals surface area (Å²) in [5.74, 6) is -0.104. The van der Waals surface area contributed by atoms with Gasteiger partial charge in [0.15, 0.2) is 5.65 Å². The summed E-state index contributed by atoms with van der Waals surface area (Å²) in [6.45, 7) is 6.23. The van der Waals surface area contributed by atoms with Gasteiger partial charge in [0.1, 0.15) is 12.0 Å². The summed E-state index contributed by atoms with van der Waals surface area (Å²) in [6, 6.07) is 6.95. The topological polar surface area (TPSA) is 66.6 Å². The van der Waals surface area contributed by atoms with Crippen LogP contribution in [-0.4, -0.2) is 68.2 Å². The normalized spacial score (nSPS) is 15.4. The Labute approximate surface area is 166 Å².